The van der Waals surface area contributed by atoms with E-state index in [-0.39, 0.29) is 18.1 Å². The summed E-state index contributed by atoms with van der Waals surface area (Å²) in [6.07, 6.45) is 4.10. The van der Waals surface area contributed by atoms with E-state index in [0.29, 0.717) is 18.5 Å². The number of Topliss-reactive ketones (excluding diaryl/α,β-unsaturated/α-hetero) is 1. The highest BCUT2D eigenvalue weighted by atomic mass is 16.5. The second-order valence-corrected chi connectivity index (χ2v) is 5.33. The summed E-state index contributed by atoms with van der Waals surface area (Å²) in [4.78, 5) is 38.0. The standard InChI is InChI=1S/C15H21NO4/c1-3-4-8-16-12-6-5-7-13(17)10(12)9-11(14(16)18)15(19)20-2/h11H,3-9H2,1-2H3. The van der Waals surface area contributed by atoms with E-state index in [4.69, 9.17) is 4.74 Å². The number of amides is 1. The molecule has 2 aliphatic rings. The monoisotopic (exact) mass is 279 g/mol. The number of hydrogen-bond acceptors (Lipinski definition) is 4. The van der Waals surface area contributed by atoms with Gasteiger partial charge in [0.25, 0.3) is 0 Å². The van der Waals surface area contributed by atoms with Crippen LogP contribution in [0.5, 0.6) is 0 Å². The Hall–Kier alpha value is -1.65. The van der Waals surface area contributed by atoms with Crippen LogP contribution in [0.25, 0.3) is 0 Å². The van der Waals surface area contributed by atoms with Gasteiger partial charge in [-0.05, 0) is 25.7 Å². The zero-order valence-electron chi connectivity index (χ0n) is 12.1. The molecule has 5 nitrogen and oxygen atoms in total. The Bertz CT molecular complexity index is 466. The van der Waals surface area contributed by atoms with Crippen LogP contribution in [0, 0.1) is 5.92 Å². The van der Waals surface area contributed by atoms with Gasteiger partial charge in [-0.3, -0.25) is 14.4 Å². The van der Waals surface area contributed by atoms with Crippen LogP contribution in [0.4, 0.5) is 0 Å². The first-order valence-corrected chi connectivity index (χ1v) is 7.24. The fourth-order valence-corrected chi connectivity index (χ4v) is 2.91. The molecule has 1 aliphatic heterocycles. The van der Waals surface area contributed by atoms with Crippen molar-refractivity contribution in [3.8, 4) is 0 Å². The molecule has 0 fully saturated rings. The van der Waals surface area contributed by atoms with E-state index < -0.39 is 11.9 Å². The molecule has 110 valence electrons. The Morgan fingerprint density at radius 2 is 2.10 bits per heavy atom. The Morgan fingerprint density at radius 3 is 2.75 bits per heavy atom. The topological polar surface area (TPSA) is 63.7 Å². The largest absolute Gasteiger partial charge is 0.468 e. The minimum atomic E-state index is -0.849. The second-order valence-electron chi connectivity index (χ2n) is 5.33. The van der Waals surface area contributed by atoms with Crippen molar-refractivity contribution in [1.82, 2.24) is 4.90 Å². The number of unbranched alkanes of at least 4 members (excludes halogenated alkanes) is 1. The summed E-state index contributed by atoms with van der Waals surface area (Å²) in [6.45, 7) is 2.63. The third-order valence-electron chi connectivity index (χ3n) is 4.02. The zero-order chi connectivity index (χ0) is 14.7. The first kappa shape index (κ1) is 14.8. The van der Waals surface area contributed by atoms with E-state index in [1.54, 1.807) is 4.90 Å². The van der Waals surface area contributed by atoms with Gasteiger partial charge in [-0.2, -0.15) is 0 Å². The van der Waals surface area contributed by atoms with Crippen molar-refractivity contribution < 1.29 is 19.1 Å². The fraction of sp³-hybridized carbons (Fsp3) is 0.667. The predicted octanol–water partition coefficient (Wildman–Crippen LogP) is 1.82. The molecule has 0 bridgehead atoms. The van der Waals surface area contributed by atoms with Gasteiger partial charge in [0.05, 0.1) is 7.11 Å². The number of allylic oxidation sites excluding steroid dienone is 2. The first-order chi connectivity index (χ1) is 9.60. The van der Waals surface area contributed by atoms with Crippen molar-refractivity contribution in [2.45, 2.75) is 45.4 Å². The van der Waals surface area contributed by atoms with Crippen molar-refractivity contribution in [2.75, 3.05) is 13.7 Å². The van der Waals surface area contributed by atoms with Crippen molar-refractivity contribution in [2.24, 2.45) is 5.92 Å². The Morgan fingerprint density at radius 1 is 1.35 bits per heavy atom. The second kappa shape index (κ2) is 6.20. The molecule has 1 aliphatic carbocycles. The summed E-state index contributed by atoms with van der Waals surface area (Å²) in [5, 5.41) is 0. The van der Waals surface area contributed by atoms with Gasteiger partial charge < -0.3 is 9.64 Å². The fourth-order valence-electron chi connectivity index (χ4n) is 2.91. The average Bonchev–Trinajstić information content (AvgIpc) is 2.45. The van der Waals surface area contributed by atoms with Crippen LogP contribution in [0.15, 0.2) is 11.3 Å². The summed E-state index contributed by atoms with van der Waals surface area (Å²) in [6, 6.07) is 0. The molecular weight excluding hydrogens is 258 g/mol. The Kier molecular flexibility index (Phi) is 4.57. The molecule has 0 aromatic rings. The maximum Gasteiger partial charge on any atom is 0.318 e. The lowest BCUT2D eigenvalue weighted by molar-refractivity contribution is -0.153. The first-order valence-electron chi connectivity index (χ1n) is 7.24. The van der Waals surface area contributed by atoms with Crippen molar-refractivity contribution in [1.29, 1.82) is 0 Å². The number of rotatable bonds is 4. The van der Waals surface area contributed by atoms with Crippen LogP contribution in [0.2, 0.25) is 0 Å². The number of methoxy groups -OCH3 is 1. The van der Waals surface area contributed by atoms with Crippen LogP contribution < -0.4 is 0 Å². The molecule has 5 heteroatoms. The van der Waals surface area contributed by atoms with Gasteiger partial charge in [-0.25, -0.2) is 0 Å². The van der Waals surface area contributed by atoms with Crippen LogP contribution in [-0.4, -0.2) is 36.2 Å². The van der Waals surface area contributed by atoms with Gasteiger partial charge >= 0.3 is 5.97 Å². The minimum absolute atomic E-state index is 0.0779. The molecule has 0 spiro atoms. The van der Waals surface area contributed by atoms with Gasteiger partial charge in [-0.15, -0.1) is 0 Å². The molecule has 0 aromatic heterocycles. The van der Waals surface area contributed by atoms with E-state index in [9.17, 15) is 14.4 Å². The van der Waals surface area contributed by atoms with Crippen LogP contribution in [-0.2, 0) is 19.1 Å². The van der Waals surface area contributed by atoms with Crippen LogP contribution in [0.1, 0.15) is 45.4 Å². The van der Waals surface area contributed by atoms with Gasteiger partial charge in [-0.1, -0.05) is 13.3 Å². The van der Waals surface area contributed by atoms with E-state index in [2.05, 4.69) is 0 Å². The highest BCUT2D eigenvalue weighted by Gasteiger charge is 2.41. The molecule has 1 unspecified atom stereocenters. The molecule has 0 radical (unpaired) electrons. The summed E-state index contributed by atoms with van der Waals surface area (Å²) in [5.74, 6) is -1.52. The van der Waals surface area contributed by atoms with E-state index in [0.717, 1.165) is 31.4 Å². The molecule has 20 heavy (non-hydrogen) atoms. The number of carbonyl (C=O) groups excluding carboxylic acids is 3. The predicted molar refractivity (Wildman–Crippen MR) is 72.6 cm³/mol. The maximum absolute atomic E-state index is 12.5. The summed E-state index contributed by atoms with van der Waals surface area (Å²) >= 11 is 0. The van der Waals surface area contributed by atoms with Crippen molar-refractivity contribution >= 4 is 17.7 Å². The normalized spacial score (nSPS) is 22.9. The van der Waals surface area contributed by atoms with Crippen LogP contribution in [0.3, 0.4) is 0 Å². The molecule has 1 atom stereocenters. The smallest absolute Gasteiger partial charge is 0.318 e. The number of ketones is 1. The molecule has 2 rings (SSSR count). The SMILES string of the molecule is CCCCN1C(=O)C(C(=O)OC)CC2=C1CCCC2=O. The van der Waals surface area contributed by atoms with E-state index in [1.165, 1.54) is 7.11 Å². The highest BCUT2D eigenvalue weighted by Crippen LogP contribution is 2.35. The molecule has 1 amide bonds. The summed E-state index contributed by atoms with van der Waals surface area (Å²) in [5.41, 5.74) is 1.52. The summed E-state index contributed by atoms with van der Waals surface area (Å²) in [7, 11) is 1.28. The quantitative estimate of drug-likeness (QED) is 0.581. The number of esters is 1. The summed E-state index contributed by atoms with van der Waals surface area (Å²) < 4.78 is 4.71. The lowest BCUT2D eigenvalue weighted by Crippen LogP contribution is -2.45. The third kappa shape index (κ3) is 2.62. The number of ether oxygens (including phenoxy) is 1. The van der Waals surface area contributed by atoms with Crippen molar-refractivity contribution in [3.05, 3.63) is 11.3 Å². The molecule has 0 aromatic carbocycles. The van der Waals surface area contributed by atoms with Crippen LogP contribution >= 0.6 is 0 Å². The number of carbonyl (C=O) groups is 3. The Labute approximate surface area is 119 Å². The molecule has 0 saturated heterocycles. The molecule has 0 N–H and O–H groups in total. The van der Waals surface area contributed by atoms with E-state index in [1.807, 2.05) is 6.92 Å². The lowest BCUT2D eigenvalue weighted by Gasteiger charge is -2.37. The highest BCUT2D eigenvalue weighted by molar-refractivity contribution is 6.05. The third-order valence-corrected chi connectivity index (χ3v) is 4.02. The van der Waals surface area contributed by atoms with Gasteiger partial charge in [0.2, 0.25) is 5.91 Å². The Balaban J connectivity index is 2.34. The maximum atomic E-state index is 12.5. The minimum Gasteiger partial charge on any atom is -0.468 e. The lowest BCUT2D eigenvalue weighted by atomic mass is 9.83. The van der Waals surface area contributed by atoms with Gasteiger partial charge in [0.1, 0.15) is 5.92 Å². The molecule has 1 heterocycles. The molecule has 0 saturated carbocycles. The van der Waals surface area contributed by atoms with Gasteiger partial charge in [0, 0.05) is 24.2 Å². The average molecular weight is 279 g/mol. The molecular formula is C15H21NO4. The van der Waals surface area contributed by atoms with Crippen molar-refractivity contribution in [3.63, 3.8) is 0 Å². The number of nitrogens with zero attached hydrogens (tertiary/aromatic N) is 1. The van der Waals surface area contributed by atoms with Gasteiger partial charge in [0.15, 0.2) is 5.78 Å². The zero-order valence-corrected chi connectivity index (χ0v) is 12.1. The van der Waals surface area contributed by atoms with E-state index >= 15 is 0 Å². The number of hydrogen-bond donors (Lipinski definition) is 0.